The smallest absolute Gasteiger partial charge is 0.00841 e. The van der Waals surface area contributed by atoms with Crippen LogP contribution in [0.3, 0.4) is 0 Å². The summed E-state index contributed by atoms with van der Waals surface area (Å²) in [5.41, 5.74) is 0. The van der Waals surface area contributed by atoms with E-state index < -0.39 is 0 Å². The molecule has 42 valence electrons. The van der Waals surface area contributed by atoms with Crippen molar-refractivity contribution in [2.45, 2.75) is 0 Å². The molecule has 1 nitrogen and oxygen atoms in total. The monoisotopic (exact) mass is 163 g/mol. The van der Waals surface area contributed by atoms with Gasteiger partial charge in [0.1, 0.15) is 0 Å². The predicted molar refractivity (Wildman–Crippen MR) is 34.8 cm³/mol. The lowest BCUT2D eigenvalue weighted by Gasteiger charge is -2.34. The molecule has 0 aliphatic carbocycles. The molecule has 1 aliphatic heterocycles. The summed E-state index contributed by atoms with van der Waals surface area (Å²) >= 11 is 3.43. The summed E-state index contributed by atoms with van der Waals surface area (Å²) in [6, 6.07) is 0. The van der Waals surface area contributed by atoms with Crippen molar-refractivity contribution in [1.82, 2.24) is 4.90 Å². The highest BCUT2D eigenvalue weighted by Crippen LogP contribution is 2.13. The van der Waals surface area contributed by atoms with Gasteiger partial charge in [0.15, 0.2) is 0 Å². The van der Waals surface area contributed by atoms with Crippen LogP contribution in [0.2, 0.25) is 0 Å². The van der Waals surface area contributed by atoms with Crippen molar-refractivity contribution in [2.24, 2.45) is 5.92 Å². The van der Waals surface area contributed by atoms with Crippen LogP contribution >= 0.6 is 15.9 Å². The highest BCUT2D eigenvalue weighted by atomic mass is 79.9. The first-order valence-corrected chi connectivity index (χ1v) is 3.69. The highest BCUT2D eigenvalue weighted by molar-refractivity contribution is 9.09. The first-order valence-electron chi connectivity index (χ1n) is 2.57. The Kier molecular flexibility index (Phi) is 1.70. The summed E-state index contributed by atoms with van der Waals surface area (Å²) in [5.74, 6) is 0.935. The van der Waals surface area contributed by atoms with E-state index in [4.69, 9.17) is 0 Å². The number of hydrogen-bond donors (Lipinski definition) is 0. The third kappa shape index (κ3) is 1.16. The first kappa shape index (κ1) is 5.57. The summed E-state index contributed by atoms with van der Waals surface area (Å²) in [4.78, 5) is 2.33. The maximum atomic E-state index is 3.43. The zero-order chi connectivity index (χ0) is 5.28. The Hall–Kier alpha value is 0.440. The summed E-state index contributed by atoms with van der Waals surface area (Å²) in [5, 5.41) is 1.18. The molecule has 0 bridgehead atoms. The maximum Gasteiger partial charge on any atom is 0.00841 e. The lowest BCUT2D eigenvalue weighted by molar-refractivity contribution is 0.154. The molecule has 7 heavy (non-hydrogen) atoms. The number of nitrogens with zero attached hydrogens (tertiary/aromatic N) is 1. The third-order valence-corrected chi connectivity index (χ3v) is 2.27. The van der Waals surface area contributed by atoms with E-state index in [1.54, 1.807) is 0 Å². The Morgan fingerprint density at radius 3 is 2.43 bits per heavy atom. The quantitative estimate of drug-likeness (QED) is 0.521. The number of rotatable bonds is 1. The van der Waals surface area contributed by atoms with E-state index in [0.29, 0.717) is 0 Å². The number of halogens is 1. The number of likely N-dealkylation sites (tertiary alicyclic amines) is 1. The molecule has 0 unspecified atom stereocenters. The molecule has 1 aliphatic rings. The molecule has 0 atom stereocenters. The van der Waals surface area contributed by atoms with Gasteiger partial charge in [0, 0.05) is 18.4 Å². The Bertz CT molecular complexity index is 59.1. The van der Waals surface area contributed by atoms with Gasteiger partial charge in [-0.2, -0.15) is 0 Å². The molecule has 1 rings (SSSR count). The normalized spacial score (nSPS) is 24.9. The molecular formula is C5H10BrN. The molecule has 1 heterocycles. The highest BCUT2D eigenvalue weighted by Gasteiger charge is 2.20. The van der Waals surface area contributed by atoms with Gasteiger partial charge < -0.3 is 4.90 Å². The standard InChI is InChI=1S/C5H10BrN/c1-7-3-5(2-6)4-7/h5H,2-4H2,1H3. The second-order valence-electron chi connectivity index (χ2n) is 2.24. The van der Waals surface area contributed by atoms with Gasteiger partial charge in [0.25, 0.3) is 0 Å². The second kappa shape index (κ2) is 2.14. The Morgan fingerprint density at radius 1 is 1.71 bits per heavy atom. The van der Waals surface area contributed by atoms with Gasteiger partial charge in [0.05, 0.1) is 0 Å². The minimum absolute atomic E-state index is 0.935. The van der Waals surface area contributed by atoms with Crippen LogP contribution in [0.4, 0.5) is 0 Å². The van der Waals surface area contributed by atoms with Crippen LogP contribution < -0.4 is 0 Å². The van der Waals surface area contributed by atoms with Gasteiger partial charge in [0.2, 0.25) is 0 Å². The van der Waals surface area contributed by atoms with Crippen molar-refractivity contribution >= 4 is 15.9 Å². The fourth-order valence-electron chi connectivity index (χ4n) is 0.926. The molecule has 0 radical (unpaired) electrons. The van der Waals surface area contributed by atoms with Crippen molar-refractivity contribution in [3.63, 3.8) is 0 Å². The van der Waals surface area contributed by atoms with Gasteiger partial charge in [-0.05, 0) is 13.0 Å². The van der Waals surface area contributed by atoms with E-state index in [2.05, 4.69) is 27.9 Å². The summed E-state index contributed by atoms with van der Waals surface area (Å²) in [6.45, 7) is 2.57. The molecule has 0 N–H and O–H groups in total. The topological polar surface area (TPSA) is 3.24 Å². The van der Waals surface area contributed by atoms with E-state index in [1.165, 1.54) is 18.4 Å². The minimum Gasteiger partial charge on any atom is -0.306 e. The largest absolute Gasteiger partial charge is 0.306 e. The van der Waals surface area contributed by atoms with E-state index in [-0.39, 0.29) is 0 Å². The molecule has 2 heteroatoms. The molecular weight excluding hydrogens is 154 g/mol. The van der Waals surface area contributed by atoms with Crippen LogP contribution in [-0.2, 0) is 0 Å². The molecule has 0 aromatic carbocycles. The second-order valence-corrected chi connectivity index (χ2v) is 2.89. The summed E-state index contributed by atoms with van der Waals surface area (Å²) in [7, 11) is 2.15. The predicted octanol–water partition coefficient (Wildman–Crippen LogP) is 0.943. The van der Waals surface area contributed by atoms with E-state index in [0.717, 1.165) is 5.92 Å². The molecule has 0 saturated carbocycles. The van der Waals surface area contributed by atoms with Crippen LogP contribution in [0.5, 0.6) is 0 Å². The molecule has 0 aromatic rings. The van der Waals surface area contributed by atoms with Crippen molar-refractivity contribution in [2.75, 3.05) is 25.5 Å². The minimum atomic E-state index is 0.935. The average molecular weight is 164 g/mol. The lowest BCUT2D eigenvalue weighted by Crippen LogP contribution is -2.44. The van der Waals surface area contributed by atoms with E-state index in [9.17, 15) is 0 Å². The SMILES string of the molecule is CN1CC(CBr)C1. The lowest BCUT2D eigenvalue weighted by atomic mass is 10.1. The van der Waals surface area contributed by atoms with Gasteiger partial charge in [-0.25, -0.2) is 0 Å². The van der Waals surface area contributed by atoms with Crippen LogP contribution in [0.15, 0.2) is 0 Å². The van der Waals surface area contributed by atoms with Crippen molar-refractivity contribution in [3.8, 4) is 0 Å². The maximum absolute atomic E-state index is 3.43. The fraction of sp³-hybridized carbons (Fsp3) is 1.00. The Labute approximate surface area is 52.8 Å². The van der Waals surface area contributed by atoms with Crippen molar-refractivity contribution in [3.05, 3.63) is 0 Å². The number of hydrogen-bond acceptors (Lipinski definition) is 1. The van der Waals surface area contributed by atoms with Crippen molar-refractivity contribution < 1.29 is 0 Å². The molecule has 0 aromatic heterocycles. The van der Waals surface area contributed by atoms with Crippen LogP contribution in [0, 0.1) is 5.92 Å². The van der Waals surface area contributed by atoms with Gasteiger partial charge in [-0.15, -0.1) is 0 Å². The molecule has 1 saturated heterocycles. The van der Waals surface area contributed by atoms with Gasteiger partial charge >= 0.3 is 0 Å². The fourth-order valence-corrected chi connectivity index (χ4v) is 1.34. The zero-order valence-corrected chi connectivity index (χ0v) is 6.11. The van der Waals surface area contributed by atoms with Crippen LogP contribution in [0.1, 0.15) is 0 Å². The van der Waals surface area contributed by atoms with Gasteiger partial charge in [-0.1, -0.05) is 15.9 Å². The summed E-state index contributed by atoms with van der Waals surface area (Å²) in [6.07, 6.45) is 0. The third-order valence-electron chi connectivity index (χ3n) is 1.36. The Balaban J connectivity index is 2.06. The van der Waals surface area contributed by atoms with E-state index in [1.807, 2.05) is 0 Å². The van der Waals surface area contributed by atoms with Gasteiger partial charge in [-0.3, -0.25) is 0 Å². The van der Waals surface area contributed by atoms with Crippen molar-refractivity contribution in [1.29, 1.82) is 0 Å². The molecule has 0 spiro atoms. The average Bonchev–Trinajstić information content (AvgIpc) is 1.58. The van der Waals surface area contributed by atoms with Crippen LogP contribution in [-0.4, -0.2) is 30.4 Å². The van der Waals surface area contributed by atoms with Crippen LogP contribution in [0.25, 0.3) is 0 Å². The van der Waals surface area contributed by atoms with E-state index >= 15 is 0 Å². The number of alkyl halides is 1. The Morgan fingerprint density at radius 2 is 2.29 bits per heavy atom. The molecule has 1 fully saturated rings. The molecule has 0 amide bonds. The zero-order valence-electron chi connectivity index (χ0n) is 4.52. The summed E-state index contributed by atoms with van der Waals surface area (Å²) < 4.78 is 0. The first-order chi connectivity index (χ1) is 3.33.